The van der Waals surface area contributed by atoms with Gasteiger partial charge in [-0.15, -0.1) is 0 Å². The summed E-state index contributed by atoms with van der Waals surface area (Å²) in [6.45, 7) is 7.52. The minimum Gasteiger partial charge on any atom is -0.339 e. The van der Waals surface area contributed by atoms with Crippen molar-refractivity contribution in [2.45, 2.75) is 32.9 Å². The van der Waals surface area contributed by atoms with Crippen LogP contribution in [-0.2, 0) is 13.0 Å². The van der Waals surface area contributed by atoms with Crippen LogP contribution in [0.15, 0.2) is 34.8 Å². The summed E-state index contributed by atoms with van der Waals surface area (Å²) in [5, 5.41) is 11.2. The number of allylic oxidation sites excluding steroid dienone is 1. The van der Waals surface area contributed by atoms with Crippen LogP contribution in [0.2, 0.25) is 0 Å². The van der Waals surface area contributed by atoms with Crippen molar-refractivity contribution in [3.8, 4) is 11.4 Å². The van der Waals surface area contributed by atoms with Crippen LogP contribution < -0.4 is 0 Å². The van der Waals surface area contributed by atoms with Crippen molar-refractivity contribution in [2.75, 3.05) is 0 Å². The van der Waals surface area contributed by atoms with Gasteiger partial charge in [-0.25, -0.2) is 14.6 Å². The first-order valence-electron chi connectivity index (χ1n) is 8.66. The molecular formula is C18H20N8O2. The number of aldehydes is 1. The Morgan fingerprint density at radius 2 is 2.21 bits per heavy atom. The summed E-state index contributed by atoms with van der Waals surface area (Å²) in [5.74, 6) is 0.764. The molecule has 1 N–H and O–H groups in total. The summed E-state index contributed by atoms with van der Waals surface area (Å²) >= 11 is 0. The second-order valence-electron chi connectivity index (χ2n) is 6.30. The lowest BCUT2D eigenvalue weighted by molar-refractivity contribution is 0.111. The zero-order valence-corrected chi connectivity index (χ0v) is 15.6. The van der Waals surface area contributed by atoms with Gasteiger partial charge in [-0.3, -0.25) is 9.48 Å². The van der Waals surface area contributed by atoms with E-state index in [0.29, 0.717) is 35.6 Å². The minimum atomic E-state index is -0.0360. The first kappa shape index (κ1) is 19.1. The van der Waals surface area contributed by atoms with Gasteiger partial charge in [0.05, 0.1) is 11.9 Å². The topological polar surface area (TPSA) is 123 Å². The summed E-state index contributed by atoms with van der Waals surface area (Å²) in [7, 11) is 0. The van der Waals surface area contributed by atoms with Crippen molar-refractivity contribution in [3.63, 3.8) is 0 Å². The number of hydrogen-bond donors (Lipinski definition) is 1. The number of carbonyl (C=O) groups is 1. The van der Waals surface area contributed by atoms with Crippen LogP contribution in [-0.4, -0.2) is 42.4 Å². The summed E-state index contributed by atoms with van der Waals surface area (Å²) in [5.41, 5.74) is 2.62. The van der Waals surface area contributed by atoms with E-state index in [-0.39, 0.29) is 18.4 Å². The molecule has 0 aliphatic heterocycles. The Labute approximate surface area is 161 Å². The number of nitroso groups, excluding NO2 is 1. The Hall–Kier alpha value is -3.69. The Morgan fingerprint density at radius 1 is 1.39 bits per heavy atom. The average Bonchev–Trinajstić information content (AvgIpc) is 3.40. The molecule has 0 saturated carbocycles. The van der Waals surface area contributed by atoms with Crippen LogP contribution in [0.1, 0.15) is 47.7 Å². The van der Waals surface area contributed by atoms with Crippen molar-refractivity contribution in [1.29, 1.82) is 0 Å². The summed E-state index contributed by atoms with van der Waals surface area (Å²) in [6, 6.07) is 2.09. The molecule has 0 saturated heterocycles. The van der Waals surface area contributed by atoms with Crippen LogP contribution in [0.25, 0.3) is 17.5 Å². The molecule has 0 fully saturated rings. The summed E-state index contributed by atoms with van der Waals surface area (Å²) < 4.78 is 3.28. The highest BCUT2D eigenvalue weighted by molar-refractivity contribution is 5.72. The molecule has 10 heteroatoms. The second-order valence-corrected chi connectivity index (χ2v) is 6.30. The van der Waals surface area contributed by atoms with Gasteiger partial charge in [0.2, 0.25) is 0 Å². The van der Waals surface area contributed by atoms with Gasteiger partial charge in [-0.2, -0.15) is 15.1 Å². The number of rotatable bonds is 9. The second kappa shape index (κ2) is 8.33. The molecule has 0 aromatic carbocycles. The first-order valence-corrected chi connectivity index (χ1v) is 8.66. The fraction of sp³-hybridized carbons (Fsp3) is 0.278. The van der Waals surface area contributed by atoms with E-state index in [2.05, 4.69) is 37.0 Å². The number of imidazole rings is 2. The van der Waals surface area contributed by atoms with E-state index in [9.17, 15) is 9.70 Å². The highest BCUT2D eigenvalue weighted by atomic mass is 16.3. The smallest absolute Gasteiger partial charge is 0.185 e. The number of carbonyl (C=O) groups excluding carboxylic acids is 1. The van der Waals surface area contributed by atoms with Crippen molar-refractivity contribution >= 4 is 19.1 Å². The Bertz CT molecular complexity index is 1020. The predicted molar refractivity (Wildman–Crippen MR) is 105 cm³/mol. The highest BCUT2D eigenvalue weighted by Crippen LogP contribution is 2.22. The Morgan fingerprint density at radius 3 is 2.86 bits per heavy atom. The molecule has 3 aromatic rings. The number of nitrogens with zero attached hydrogens (tertiary/aromatic N) is 7. The molecule has 144 valence electrons. The van der Waals surface area contributed by atoms with Crippen LogP contribution >= 0.6 is 0 Å². The van der Waals surface area contributed by atoms with Gasteiger partial charge in [-0.1, -0.05) is 11.3 Å². The van der Waals surface area contributed by atoms with Crippen LogP contribution in [0.4, 0.5) is 0 Å². The molecule has 3 heterocycles. The summed E-state index contributed by atoms with van der Waals surface area (Å²) in [4.78, 5) is 33.2. The fourth-order valence-electron chi connectivity index (χ4n) is 2.73. The van der Waals surface area contributed by atoms with E-state index in [1.54, 1.807) is 6.08 Å². The molecule has 3 rings (SSSR count). The molecule has 0 bridgehead atoms. The third kappa shape index (κ3) is 3.85. The molecule has 3 aromatic heterocycles. The van der Waals surface area contributed by atoms with Crippen LogP contribution in [0, 0.1) is 4.91 Å². The van der Waals surface area contributed by atoms with E-state index in [4.69, 9.17) is 0 Å². The zero-order valence-electron chi connectivity index (χ0n) is 15.6. The molecular weight excluding hydrogens is 360 g/mol. The summed E-state index contributed by atoms with van der Waals surface area (Å²) in [6.07, 6.45) is 8.15. The maximum absolute atomic E-state index is 11.2. The van der Waals surface area contributed by atoms with E-state index in [1.165, 1.54) is 10.9 Å². The third-order valence-electron chi connectivity index (χ3n) is 4.08. The Kier molecular flexibility index (Phi) is 5.68. The maximum Gasteiger partial charge on any atom is 0.185 e. The Balaban J connectivity index is 1.85. The monoisotopic (exact) mass is 380 g/mol. The van der Waals surface area contributed by atoms with E-state index in [0.717, 1.165) is 5.69 Å². The van der Waals surface area contributed by atoms with Gasteiger partial charge >= 0.3 is 0 Å². The highest BCUT2D eigenvalue weighted by Gasteiger charge is 2.14. The normalized spacial score (nSPS) is 11.4. The quantitative estimate of drug-likeness (QED) is 0.347. The van der Waals surface area contributed by atoms with E-state index in [1.807, 2.05) is 36.9 Å². The van der Waals surface area contributed by atoms with Crippen molar-refractivity contribution < 1.29 is 4.79 Å². The zero-order chi connectivity index (χ0) is 20.1. The van der Waals surface area contributed by atoms with Gasteiger partial charge < -0.3 is 4.98 Å². The van der Waals surface area contributed by atoms with Gasteiger partial charge in [0.15, 0.2) is 17.9 Å². The molecule has 0 amide bonds. The molecule has 0 aliphatic carbocycles. The van der Waals surface area contributed by atoms with E-state index < -0.39 is 0 Å². The number of aromatic nitrogens is 6. The van der Waals surface area contributed by atoms with Gasteiger partial charge in [0.1, 0.15) is 17.9 Å². The minimum absolute atomic E-state index is 0.0360. The number of aromatic amines is 1. The predicted octanol–water partition coefficient (Wildman–Crippen LogP) is 2.85. The van der Waals surface area contributed by atoms with E-state index >= 15 is 0 Å². The lowest BCUT2D eigenvalue weighted by atomic mass is 10.2. The number of nitrogens with one attached hydrogen (secondary N) is 1. The molecule has 0 atom stereocenters. The molecule has 28 heavy (non-hydrogen) atoms. The largest absolute Gasteiger partial charge is 0.339 e. The van der Waals surface area contributed by atoms with Crippen molar-refractivity contribution in [2.24, 2.45) is 10.3 Å². The molecule has 10 nitrogen and oxygen atoms in total. The molecule has 0 aliphatic rings. The molecule has 0 radical (unpaired) electrons. The van der Waals surface area contributed by atoms with Crippen molar-refractivity contribution in [1.82, 2.24) is 29.4 Å². The van der Waals surface area contributed by atoms with Gasteiger partial charge in [0, 0.05) is 31.1 Å². The fourth-order valence-corrected chi connectivity index (χ4v) is 2.73. The molecule has 0 unspecified atom stereocenters. The number of H-pyrrole nitrogens is 1. The van der Waals surface area contributed by atoms with Gasteiger partial charge in [-0.05, 0) is 26.0 Å². The SMILES string of the molecule is C=Nn1c(CN=O)cnc1/C=C\Cc1[nH]c(C=O)nc1-c1ccn(C(C)C)n1. The lowest BCUT2D eigenvalue weighted by Crippen LogP contribution is -2.01. The molecule has 0 spiro atoms. The van der Waals surface area contributed by atoms with Crippen LogP contribution in [0.5, 0.6) is 0 Å². The lowest BCUT2D eigenvalue weighted by Gasteiger charge is -2.03. The number of hydrogen-bond acceptors (Lipinski definition) is 7. The third-order valence-corrected chi connectivity index (χ3v) is 4.08. The average molecular weight is 380 g/mol. The van der Waals surface area contributed by atoms with Gasteiger partial charge in [0.25, 0.3) is 0 Å². The maximum atomic E-state index is 11.2. The first-order chi connectivity index (χ1) is 13.6. The van der Waals surface area contributed by atoms with Crippen LogP contribution in [0.3, 0.4) is 0 Å². The standard InChI is InChI=1S/C18H20N8O2/c1-12(2)25-8-7-15(24-25)18-14(22-16(11-27)23-18)5-4-6-17-20-9-13(10-21-28)26(17)19-3/h4,6-9,11-12H,3,5,10H2,1-2H3,(H,22,23)/b6-4-. The van der Waals surface area contributed by atoms with Crippen molar-refractivity contribution in [3.05, 3.63) is 52.5 Å².